The molecule has 0 saturated carbocycles. The molecule has 0 saturated heterocycles. The molecule has 1 aromatic carbocycles. The molecule has 3 aromatic rings. The van der Waals surface area contributed by atoms with Gasteiger partial charge in [0, 0.05) is 12.4 Å². The minimum atomic E-state index is -0.237. The van der Waals surface area contributed by atoms with Crippen molar-refractivity contribution in [1.29, 1.82) is 0 Å². The van der Waals surface area contributed by atoms with Crippen molar-refractivity contribution in [2.75, 3.05) is 10.6 Å². The fourth-order valence-corrected chi connectivity index (χ4v) is 2.44. The van der Waals surface area contributed by atoms with Gasteiger partial charge in [-0.15, -0.1) is 0 Å². The van der Waals surface area contributed by atoms with E-state index in [2.05, 4.69) is 20.6 Å². The maximum Gasteiger partial charge on any atom is 0.257 e. The molecule has 6 nitrogen and oxygen atoms in total. The van der Waals surface area contributed by atoms with Gasteiger partial charge in [0.15, 0.2) is 0 Å². The summed E-state index contributed by atoms with van der Waals surface area (Å²) in [6.07, 6.45) is 3.31. The first-order chi connectivity index (χ1) is 13.1. The van der Waals surface area contributed by atoms with E-state index in [4.69, 9.17) is 4.74 Å². The van der Waals surface area contributed by atoms with Gasteiger partial charge in [-0.05, 0) is 50.2 Å². The Labute approximate surface area is 158 Å². The van der Waals surface area contributed by atoms with Crippen LogP contribution in [0.4, 0.5) is 11.5 Å². The smallest absolute Gasteiger partial charge is 0.257 e. The fourth-order valence-electron chi connectivity index (χ4n) is 2.44. The Bertz CT molecular complexity index is 880. The lowest BCUT2D eigenvalue weighted by molar-refractivity contribution is 0.102. The average Bonchev–Trinajstić information content (AvgIpc) is 2.69. The van der Waals surface area contributed by atoms with Crippen LogP contribution in [0.3, 0.4) is 0 Å². The summed E-state index contributed by atoms with van der Waals surface area (Å²) >= 11 is 0. The Morgan fingerprint density at radius 1 is 1.04 bits per heavy atom. The van der Waals surface area contributed by atoms with Crippen molar-refractivity contribution in [2.45, 2.75) is 26.5 Å². The number of carbonyl (C=O) groups excluding carboxylic acids is 1. The maximum absolute atomic E-state index is 12.5. The molecule has 0 fully saturated rings. The summed E-state index contributed by atoms with van der Waals surface area (Å²) in [7, 11) is 0. The number of amides is 1. The minimum absolute atomic E-state index is 0.0224. The summed E-state index contributed by atoms with van der Waals surface area (Å²) < 4.78 is 5.73. The molecule has 0 aliphatic carbocycles. The monoisotopic (exact) mass is 362 g/mol. The van der Waals surface area contributed by atoms with E-state index >= 15 is 0 Å². The van der Waals surface area contributed by atoms with E-state index in [1.807, 2.05) is 56.3 Å². The van der Waals surface area contributed by atoms with Crippen LogP contribution in [0.5, 0.6) is 5.75 Å². The number of anilines is 2. The SMILES string of the molecule is CC(C)Oc1ccccc1NC(=O)c1ccc(NCc2ccccn2)nc1. The predicted molar refractivity (Wildman–Crippen MR) is 106 cm³/mol. The molecule has 0 unspecified atom stereocenters. The summed E-state index contributed by atoms with van der Waals surface area (Å²) in [5.74, 6) is 1.08. The van der Waals surface area contributed by atoms with Gasteiger partial charge in [0.05, 0.1) is 29.6 Å². The fraction of sp³-hybridized carbons (Fsp3) is 0.190. The Kier molecular flexibility index (Phi) is 5.99. The molecule has 0 radical (unpaired) electrons. The van der Waals surface area contributed by atoms with Crippen molar-refractivity contribution in [3.8, 4) is 5.75 Å². The number of pyridine rings is 2. The summed E-state index contributed by atoms with van der Waals surface area (Å²) in [5, 5.41) is 6.06. The van der Waals surface area contributed by atoms with Crippen LogP contribution in [-0.4, -0.2) is 22.0 Å². The van der Waals surface area contributed by atoms with E-state index in [0.29, 0.717) is 29.4 Å². The number of nitrogens with one attached hydrogen (secondary N) is 2. The second kappa shape index (κ2) is 8.80. The molecule has 2 heterocycles. The normalized spacial score (nSPS) is 10.5. The highest BCUT2D eigenvalue weighted by Gasteiger charge is 2.11. The van der Waals surface area contributed by atoms with E-state index in [1.54, 1.807) is 24.5 Å². The summed E-state index contributed by atoms with van der Waals surface area (Å²) in [4.78, 5) is 21.1. The van der Waals surface area contributed by atoms with Crippen LogP contribution in [0.15, 0.2) is 67.0 Å². The highest BCUT2D eigenvalue weighted by molar-refractivity contribution is 6.04. The lowest BCUT2D eigenvalue weighted by Crippen LogP contribution is -2.15. The topological polar surface area (TPSA) is 76.1 Å². The third kappa shape index (κ3) is 5.28. The first kappa shape index (κ1) is 18.4. The van der Waals surface area contributed by atoms with Crippen molar-refractivity contribution >= 4 is 17.4 Å². The van der Waals surface area contributed by atoms with Crippen LogP contribution in [-0.2, 0) is 6.54 Å². The van der Waals surface area contributed by atoms with E-state index in [9.17, 15) is 4.79 Å². The largest absolute Gasteiger partial charge is 0.489 e. The van der Waals surface area contributed by atoms with Crippen molar-refractivity contribution < 1.29 is 9.53 Å². The Morgan fingerprint density at radius 2 is 1.85 bits per heavy atom. The van der Waals surface area contributed by atoms with Crippen molar-refractivity contribution in [2.24, 2.45) is 0 Å². The van der Waals surface area contributed by atoms with E-state index in [-0.39, 0.29) is 12.0 Å². The quantitative estimate of drug-likeness (QED) is 0.661. The Hall–Kier alpha value is -3.41. The number of para-hydroxylation sites is 2. The van der Waals surface area contributed by atoms with Gasteiger partial charge in [-0.1, -0.05) is 18.2 Å². The number of ether oxygens (including phenoxy) is 1. The molecule has 27 heavy (non-hydrogen) atoms. The number of aromatic nitrogens is 2. The molecule has 138 valence electrons. The standard InChI is InChI=1S/C21H22N4O2/c1-15(2)27-19-9-4-3-8-18(19)25-21(26)16-10-11-20(23-13-16)24-14-17-7-5-6-12-22-17/h3-13,15H,14H2,1-2H3,(H,23,24)(H,25,26). The van der Waals surface area contributed by atoms with Crippen LogP contribution in [0.2, 0.25) is 0 Å². The third-order valence-electron chi connectivity index (χ3n) is 3.70. The molecule has 2 N–H and O–H groups in total. The van der Waals surface area contributed by atoms with Crippen LogP contribution >= 0.6 is 0 Å². The molecule has 0 aliphatic heterocycles. The second-order valence-electron chi connectivity index (χ2n) is 6.22. The van der Waals surface area contributed by atoms with Crippen LogP contribution < -0.4 is 15.4 Å². The van der Waals surface area contributed by atoms with Crippen molar-refractivity contribution in [3.63, 3.8) is 0 Å². The zero-order chi connectivity index (χ0) is 19.1. The van der Waals surface area contributed by atoms with Gasteiger partial charge in [-0.3, -0.25) is 9.78 Å². The highest BCUT2D eigenvalue weighted by Crippen LogP contribution is 2.25. The maximum atomic E-state index is 12.5. The first-order valence-corrected chi connectivity index (χ1v) is 8.78. The van der Waals surface area contributed by atoms with Crippen LogP contribution in [0.1, 0.15) is 29.9 Å². The Morgan fingerprint density at radius 3 is 2.56 bits per heavy atom. The van der Waals surface area contributed by atoms with Crippen LogP contribution in [0.25, 0.3) is 0 Å². The van der Waals surface area contributed by atoms with E-state index < -0.39 is 0 Å². The van der Waals surface area contributed by atoms with Gasteiger partial charge < -0.3 is 15.4 Å². The molecule has 0 aliphatic rings. The van der Waals surface area contributed by atoms with Gasteiger partial charge >= 0.3 is 0 Å². The zero-order valence-corrected chi connectivity index (χ0v) is 15.3. The first-order valence-electron chi connectivity index (χ1n) is 8.78. The zero-order valence-electron chi connectivity index (χ0n) is 15.3. The number of nitrogens with zero attached hydrogens (tertiary/aromatic N) is 2. The van der Waals surface area contributed by atoms with Gasteiger partial charge in [-0.25, -0.2) is 4.98 Å². The lowest BCUT2D eigenvalue weighted by Gasteiger charge is -2.14. The average molecular weight is 362 g/mol. The van der Waals surface area contributed by atoms with Gasteiger partial charge in [0.1, 0.15) is 11.6 Å². The predicted octanol–water partition coefficient (Wildman–Crippen LogP) is 4.13. The van der Waals surface area contributed by atoms with Crippen molar-refractivity contribution in [1.82, 2.24) is 9.97 Å². The molecule has 6 heteroatoms. The molecule has 0 spiro atoms. The molecule has 2 aromatic heterocycles. The molecule has 0 atom stereocenters. The molecule has 3 rings (SSSR count). The lowest BCUT2D eigenvalue weighted by atomic mass is 10.2. The Balaban J connectivity index is 1.62. The second-order valence-corrected chi connectivity index (χ2v) is 6.22. The summed E-state index contributed by atoms with van der Waals surface area (Å²) in [6, 6.07) is 16.6. The number of benzene rings is 1. The highest BCUT2D eigenvalue weighted by atomic mass is 16.5. The van der Waals surface area contributed by atoms with Gasteiger partial charge in [-0.2, -0.15) is 0 Å². The minimum Gasteiger partial charge on any atom is -0.489 e. The molecule has 0 bridgehead atoms. The van der Waals surface area contributed by atoms with Crippen molar-refractivity contribution in [3.05, 3.63) is 78.2 Å². The number of rotatable bonds is 7. The summed E-state index contributed by atoms with van der Waals surface area (Å²) in [6.45, 7) is 4.46. The van der Waals surface area contributed by atoms with E-state index in [0.717, 1.165) is 5.69 Å². The van der Waals surface area contributed by atoms with Gasteiger partial charge in [0.25, 0.3) is 5.91 Å². The molecular formula is C21H22N4O2. The number of hydrogen-bond donors (Lipinski definition) is 2. The molecular weight excluding hydrogens is 340 g/mol. The number of hydrogen-bond acceptors (Lipinski definition) is 5. The van der Waals surface area contributed by atoms with Crippen LogP contribution in [0, 0.1) is 0 Å². The molecule has 1 amide bonds. The van der Waals surface area contributed by atoms with E-state index in [1.165, 1.54) is 0 Å². The summed E-state index contributed by atoms with van der Waals surface area (Å²) in [5.41, 5.74) is 2.02. The third-order valence-corrected chi connectivity index (χ3v) is 3.70. The van der Waals surface area contributed by atoms with Gasteiger partial charge in [0.2, 0.25) is 0 Å². The number of carbonyl (C=O) groups is 1.